The van der Waals surface area contributed by atoms with Crippen molar-refractivity contribution in [2.75, 3.05) is 18.8 Å². The number of amides is 2. The highest BCUT2D eigenvalue weighted by atomic mass is 32.2. The second-order valence-corrected chi connectivity index (χ2v) is 9.78. The maximum atomic E-state index is 12.3. The van der Waals surface area contributed by atoms with Gasteiger partial charge in [-0.25, -0.2) is 0 Å². The Labute approximate surface area is 198 Å². The topological polar surface area (TPSA) is 111 Å². The second-order valence-electron chi connectivity index (χ2n) is 8.51. The van der Waals surface area contributed by atoms with E-state index in [1.807, 2.05) is 42.1 Å². The molecule has 3 atom stereocenters. The van der Waals surface area contributed by atoms with Gasteiger partial charge in [0.25, 0.3) is 5.91 Å². The van der Waals surface area contributed by atoms with Crippen molar-refractivity contribution in [3.63, 3.8) is 0 Å². The number of nitrogens with zero attached hydrogens (tertiary/aromatic N) is 1. The fourth-order valence-corrected chi connectivity index (χ4v) is 5.82. The zero-order valence-electron chi connectivity index (χ0n) is 18.7. The van der Waals surface area contributed by atoms with Crippen LogP contribution in [0.5, 0.6) is 0 Å². The van der Waals surface area contributed by atoms with Gasteiger partial charge in [-0.1, -0.05) is 43.3 Å². The van der Waals surface area contributed by atoms with Crippen molar-refractivity contribution in [3.05, 3.63) is 54.5 Å². The fourth-order valence-electron chi connectivity index (χ4n) is 4.28. The van der Waals surface area contributed by atoms with Gasteiger partial charge in [0, 0.05) is 36.1 Å². The quantitative estimate of drug-likeness (QED) is 0.324. The van der Waals surface area contributed by atoms with Crippen LogP contribution in [0, 0.1) is 0 Å². The average Bonchev–Trinajstić information content (AvgIpc) is 3.54. The van der Waals surface area contributed by atoms with Crippen LogP contribution in [-0.4, -0.2) is 58.2 Å². The predicted molar refractivity (Wildman–Crippen MR) is 132 cm³/mol. The number of carbonyl (C=O) groups is 2. The minimum atomic E-state index is -0.196. The van der Waals surface area contributed by atoms with Crippen molar-refractivity contribution in [1.29, 1.82) is 0 Å². The van der Waals surface area contributed by atoms with Crippen LogP contribution < -0.4 is 21.3 Å². The Morgan fingerprint density at radius 2 is 1.91 bits per heavy atom. The lowest BCUT2D eigenvalue weighted by atomic mass is 10.0. The first-order chi connectivity index (χ1) is 16.1. The van der Waals surface area contributed by atoms with E-state index in [1.165, 1.54) is 0 Å². The molecule has 2 fully saturated rings. The summed E-state index contributed by atoms with van der Waals surface area (Å²) in [6.07, 6.45) is 4.30. The van der Waals surface area contributed by atoms with E-state index in [2.05, 4.69) is 38.0 Å². The summed E-state index contributed by atoms with van der Waals surface area (Å²) < 4.78 is 0. The van der Waals surface area contributed by atoms with E-state index < -0.39 is 0 Å². The molecule has 3 heterocycles. The molecule has 0 unspecified atom stereocenters. The monoisotopic (exact) mass is 468 g/mol. The van der Waals surface area contributed by atoms with Crippen LogP contribution in [0.3, 0.4) is 0 Å². The lowest BCUT2D eigenvalue weighted by molar-refractivity contribution is -0.121. The molecule has 1 aromatic heterocycles. The van der Waals surface area contributed by atoms with Crippen LogP contribution >= 0.6 is 11.8 Å². The number of benzene rings is 1. The number of hydrogen-bond acceptors (Lipinski definition) is 6. The number of nitrogens with one attached hydrogen (secondary N) is 5. The van der Waals surface area contributed by atoms with Crippen LogP contribution in [0.4, 0.5) is 0 Å². The lowest BCUT2D eigenvalue weighted by Gasteiger charge is -2.17. The molecule has 0 bridgehead atoms. The van der Waals surface area contributed by atoms with Crippen molar-refractivity contribution >= 4 is 23.6 Å². The molecule has 4 rings (SSSR count). The number of hydrogen-bond donors (Lipinski definition) is 5. The highest BCUT2D eigenvalue weighted by Gasteiger charge is 2.40. The molecular weight excluding hydrogens is 436 g/mol. The van der Waals surface area contributed by atoms with E-state index in [1.54, 1.807) is 6.07 Å². The van der Waals surface area contributed by atoms with Gasteiger partial charge in [0.05, 0.1) is 23.6 Å². The number of thioether (sulfide) groups is 1. The summed E-state index contributed by atoms with van der Waals surface area (Å²) in [5.41, 5.74) is 2.12. The van der Waals surface area contributed by atoms with E-state index >= 15 is 0 Å². The molecule has 0 radical (unpaired) electrons. The van der Waals surface area contributed by atoms with E-state index in [4.69, 9.17) is 0 Å². The standard InChI is InChI=1S/C24H32N6O2S/c1-16-27-20-15-33-21(23(20)28-16)10-5-6-11-22(31)25-12-7-13-26-24(32)19-14-18(29-30-19)17-8-3-2-4-9-17/h2-4,8-9,14,20-21,23,27-28H,1,5-7,10-13,15H2,(H,25,31)(H,26,32)(H,29,30)/t20-,21-,23-/m0/s1. The van der Waals surface area contributed by atoms with E-state index in [9.17, 15) is 9.59 Å². The molecular formula is C24H32N6O2S. The SMILES string of the molecule is C=C1N[C@H]2[C@H](CS[C@H]2CCCCC(=O)NCCCNC(=O)c2cc(-c3ccccc3)n[nH]2)N1. The van der Waals surface area contributed by atoms with Gasteiger partial charge in [-0.3, -0.25) is 14.7 Å². The summed E-state index contributed by atoms with van der Waals surface area (Å²) in [6.45, 7) is 5.00. The third kappa shape index (κ3) is 6.31. The van der Waals surface area contributed by atoms with Gasteiger partial charge in [0.15, 0.2) is 0 Å². The van der Waals surface area contributed by atoms with Crippen molar-refractivity contribution in [2.24, 2.45) is 0 Å². The van der Waals surface area contributed by atoms with E-state index in [0.717, 1.165) is 42.1 Å². The van der Waals surface area contributed by atoms with Gasteiger partial charge in [0.1, 0.15) is 5.69 Å². The first-order valence-electron chi connectivity index (χ1n) is 11.6. The fraction of sp³-hybridized carbons (Fsp3) is 0.458. The predicted octanol–water partition coefficient (Wildman–Crippen LogP) is 2.39. The Morgan fingerprint density at radius 3 is 2.76 bits per heavy atom. The smallest absolute Gasteiger partial charge is 0.269 e. The second kappa shape index (κ2) is 11.3. The van der Waals surface area contributed by atoms with Gasteiger partial charge < -0.3 is 21.3 Å². The zero-order valence-corrected chi connectivity index (χ0v) is 19.5. The van der Waals surface area contributed by atoms with Crippen molar-refractivity contribution < 1.29 is 9.59 Å². The molecule has 0 aliphatic carbocycles. The van der Waals surface area contributed by atoms with Crippen LogP contribution in [0.25, 0.3) is 11.3 Å². The number of rotatable bonds is 11. The molecule has 2 aliphatic rings. The molecule has 5 N–H and O–H groups in total. The maximum Gasteiger partial charge on any atom is 0.269 e. The Morgan fingerprint density at radius 1 is 1.09 bits per heavy atom. The molecule has 176 valence electrons. The molecule has 8 nitrogen and oxygen atoms in total. The third-order valence-electron chi connectivity index (χ3n) is 6.02. The first-order valence-corrected chi connectivity index (χ1v) is 12.6. The molecule has 2 aliphatic heterocycles. The molecule has 9 heteroatoms. The Kier molecular flexibility index (Phi) is 7.93. The molecule has 1 aromatic carbocycles. The van der Waals surface area contributed by atoms with Crippen LogP contribution in [-0.2, 0) is 4.79 Å². The number of aromatic nitrogens is 2. The molecule has 2 amide bonds. The Bertz CT molecular complexity index is 963. The van der Waals surface area contributed by atoms with Crippen LogP contribution in [0.15, 0.2) is 48.8 Å². The Balaban J connectivity index is 1.04. The van der Waals surface area contributed by atoms with Gasteiger partial charge in [0.2, 0.25) is 5.91 Å². The van der Waals surface area contributed by atoms with Gasteiger partial charge in [-0.15, -0.1) is 0 Å². The number of aromatic amines is 1. The third-order valence-corrected chi connectivity index (χ3v) is 7.53. The van der Waals surface area contributed by atoms with Crippen molar-refractivity contribution in [3.8, 4) is 11.3 Å². The summed E-state index contributed by atoms with van der Waals surface area (Å²) in [5.74, 6) is 1.94. The number of H-pyrrole nitrogens is 1. The molecule has 0 saturated carbocycles. The lowest BCUT2D eigenvalue weighted by Crippen LogP contribution is -2.36. The maximum absolute atomic E-state index is 12.3. The van der Waals surface area contributed by atoms with Crippen molar-refractivity contribution in [1.82, 2.24) is 31.5 Å². The normalized spacial score (nSPS) is 21.2. The molecule has 2 saturated heterocycles. The first kappa shape index (κ1) is 23.2. The average molecular weight is 469 g/mol. The summed E-state index contributed by atoms with van der Waals surface area (Å²) in [4.78, 5) is 24.3. The summed E-state index contributed by atoms with van der Waals surface area (Å²) >= 11 is 2.01. The van der Waals surface area contributed by atoms with Crippen molar-refractivity contribution in [2.45, 2.75) is 49.4 Å². The number of unbranched alkanes of at least 4 members (excludes halogenated alkanes) is 1. The zero-order chi connectivity index (χ0) is 23.0. The number of carbonyl (C=O) groups excluding carboxylic acids is 2. The number of fused-ring (bicyclic) bond motifs is 1. The molecule has 33 heavy (non-hydrogen) atoms. The van der Waals surface area contributed by atoms with Gasteiger partial charge in [-0.05, 0) is 25.3 Å². The van der Waals surface area contributed by atoms with Crippen LogP contribution in [0.1, 0.15) is 42.6 Å². The molecule has 2 aromatic rings. The van der Waals surface area contributed by atoms with Crippen LogP contribution in [0.2, 0.25) is 0 Å². The highest BCUT2D eigenvalue weighted by Crippen LogP contribution is 2.34. The summed E-state index contributed by atoms with van der Waals surface area (Å²) in [7, 11) is 0. The minimum Gasteiger partial charge on any atom is -0.367 e. The van der Waals surface area contributed by atoms with E-state index in [0.29, 0.717) is 49.0 Å². The van der Waals surface area contributed by atoms with Gasteiger partial charge in [-0.2, -0.15) is 16.9 Å². The summed E-state index contributed by atoms with van der Waals surface area (Å²) in [5, 5.41) is 20.2. The van der Waals surface area contributed by atoms with E-state index in [-0.39, 0.29) is 11.8 Å². The summed E-state index contributed by atoms with van der Waals surface area (Å²) in [6, 6.07) is 12.4. The van der Waals surface area contributed by atoms with Gasteiger partial charge >= 0.3 is 0 Å². The largest absolute Gasteiger partial charge is 0.367 e. The molecule has 0 spiro atoms. The minimum absolute atomic E-state index is 0.0772. The Hall–Kier alpha value is -2.94. The highest BCUT2D eigenvalue weighted by molar-refractivity contribution is 8.00.